The van der Waals surface area contributed by atoms with E-state index in [1.54, 1.807) is 4.90 Å². The fraction of sp³-hybridized carbons (Fsp3) is 0.174. The van der Waals surface area contributed by atoms with E-state index in [0.717, 1.165) is 16.6 Å². The van der Waals surface area contributed by atoms with Gasteiger partial charge in [0.2, 0.25) is 0 Å². The number of amides is 1. The van der Waals surface area contributed by atoms with Crippen LogP contribution in [-0.4, -0.2) is 19.1 Å². The number of nitrogens with zero attached hydrogens (tertiary/aromatic N) is 1. The summed E-state index contributed by atoms with van der Waals surface area (Å²) in [5, 5.41) is 0. The molecule has 3 aromatic rings. The summed E-state index contributed by atoms with van der Waals surface area (Å²) in [5.41, 5.74) is 2.64. The molecule has 3 aromatic carbocycles. The zero-order chi connectivity index (χ0) is 19.1. The second-order valence-corrected chi connectivity index (χ2v) is 7.03. The van der Waals surface area contributed by atoms with Gasteiger partial charge in [0.1, 0.15) is 5.75 Å². The molecule has 0 unspecified atom stereocenters. The molecule has 0 fully saturated rings. The molecule has 27 heavy (non-hydrogen) atoms. The number of benzene rings is 3. The molecule has 0 bridgehead atoms. The van der Waals surface area contributed by atoms with Gasteiger partial charge in [-0.2, -0.15) is 0 Å². The van der Waals surface area contributed by atoms with Gasteiger partial charge < -0.3 is 9.64 Å². The normalized spacial score (nSPS) is 10.4. The highest BCUT2D eigenvalue weighted by molar-refractivity contribution is 9.10. The highest BCUT2D eigenvalue weighted by Crippen LogP contribution is 2.27. The second kappa shape index (κ2) is 9.38. The van der Waals surface area contributed by atoms with Crippen molar-refractivity contribution in [1.29, 1.82) is 0 Å². The molecule has 1 amide bonds. The van der Waals surface area contributed by atoms with Gasteiger partial charge in [-0.1, -0.05) is 64.5 Å². The SMILES string of the molecule is CCN(C(=O)c1cc(Br)ccc1OCCc1ccccc1)c1ccccc1. The van der Waals surface area contributed by atoms with Gasteiger partial charge in [-0.3, -0.25) is 4.79 Å². The molecule has 3 rings (SSSR count). The number of rotatable bonds is 7. The standard InChI is InChI=1S/C23H22BrNO2/c1-2-25(20-11-7-4-8-12-20)23(26)21-17-19(24)13-14-22(21)27-16-15-18-9-5-3-6-10-18/h3-14,17H,2,15-16H2,1H3. The number of hydrogen-bond donors (Lipinski definition) is 0. The molecule has 0 heterocycles. The summed E-state index contributed by atoms with van der Waals surface area (Å²) < 4.78 is 6.83. The van der Waals surface area contributed by atoms with E-state index in [-0.39, 0.29) is 5.91 Å². The van der Waals surface area contributed by atoms with Gasteiger partial charge in [-0.15, -0.1) is 0 Å². The van der Waals surface area contributed by atoms with Crippen LogP contribution in [0.2, 0.25) is 0 Å². The number of halogens is 1. The summed E-state index contributed by atoms with van der Waals surface area (Å²) in [4.78, 5) is 15.0. The summed E-state index contributed by atoms with van der Waals surface area (Å²) in [6, 6.07) is 25.4. The smallest absolute Gasteiger partial charge is 0.262 e. The maximum atomic E-state index is 13.2. The van der Waals surface area contributed by atoms with Gasteiger partial charge in [0.25, 0.3) is 5.91 Å². The topological polar surface area (TPSA) is 29.5 Å². The molecule has 3 nitrogen and oxygen atoms in total. The van der Waals surface area contributed by atoms with Gasteiger partial charge in [0, 0.05) is 23.1 Å². The highest BCUT2D eigenvalue weighted by atomic mass is 79.9. The molecular formula is C23H22BrNO2. The number of anilines is 1. The van der Waals surface area contributed by atoms with E-state index < -0.39 is 0 Å². The third kappa shape index (κ3) is 4.98. The van der Waals surface area contributed by atoms with Gasteiger partial charge in [-0.05, 0) is 42.8 Å². The lowest BCUT2D eigenvalue weighted by Crippen LogP contribution is -2.31. The second-order valence-electron chi connectivity index (χ2n) is 6.11. The Kier molecular flexibility index (Phi) is 6.66. The Labute approximate surface area is 168 Å². The predicted octanol–water partition coefficient (Wildman–Crippen LogP) is 5.74. The Hall–Kier alpha value is -2.59. The van der Waals surface area contributed by atoms with Crippen LogP contribution in [0.25, 0.3) is 0 Å². The van der Waals surface area contributed by atoms with E-state index in [0.29, 0.717) is 24.5 Å². The Morgan fingerprint density at radius 3 is 2.30 bits per heavy atom. The van der Waals surface area contributed by atoms with Gasteiger partial charge in [0.15, 0.2) is 0 Å². The number of carbonyl (C=O) groups excluding carboxylic acids is 1. The van der Waals surface area contributed by atoms with Crippen LogP contribution >= 0.6 is 15.9 Å². The zero-order valence-corrected chi connectivity index (χ0v) is 16.9. The minimum Gasteiger partial charge on any atom is -0.492 e. The summed E-state index contributed by atoms with van der Waals surface area (Å²) in [6.07, 6.45) is 0.792. The third-order valence-electron chi connectivity index (χ3n) is 4.29. The van der Waals surface area contributed by atoms with Crippen molar-refractivity contribution in [3.05, 3.63) is 94.5 Å². The first-order valence-electron chi connectivity index (χ1n) is 9.02. The van der Waals surface area contributed by atoms with E-state index in [1.807, 2.05) is 73.7 Å². The number of carbonyl (C=O) groups is 1. The lowest BCUT2D eigenvalue weighted by Gasteiger charge is -2.22. The van der Waals surface area contributed by atoms with Crippen LogP contribution in [0.4, 0.5) is 5.69 Å². The number of para-hydroxylation sites is 1. The highest BCUT2D eigenvalue weighted by Gasteiger charge is 2.20. The van der Waals surface area contributed by atoms with E-state index in [4.69, 9.17) is 4.74 Å². The van der Waals surface area contributed by atoms with Crippen molar-refractivity contribution in [2.75, 3.05) is 18.1 Å². The molecule has 138 valence electrons. The summed E-state index contributed by atoms with van der Waals surface area (Å²) in [6.45, 7) is 3.07. The maximum Gasteiger partial charge on any atom is 0.262 e. The summed E-state index contributed by atoms with van der Waals surface area (Å²) in [5.74, 6) is 0.535. The van der Waals surface area contributed by atoms with Crippen molar-refractivity contribution in [2.24, 2.45) is 0 Å². The van der Waals surface area contributed by atoms with Crippen LogP contribution in [0.5, 0.6) is 5.75 Å². The number of ether oxygens (including phenoxy) is 1. The Balaban J connectivity index is 1.79. The average molecular weight is 424 g/mol. The van der Waals surface area contributed by atoms with Crippen LogP contribution in [0, 0.1) is 0 Å². The van der Waals surface area contributed by atoms with Crippen molar-refractivity contribution in [3.8, 4) is 5.75 Å². The van der Waals surface area contributed by atoms with Crippen LogP contribution in [0.15, 0.2) is 83.3 Å². The molecule has 0 aromatic heterocycles. The Bertz CT molecular complexity index is 881. The molecule has 0 radical (unpaired) electrons. The lowest BCUT2D eigenvalue weighted by atomic mass is 10.1. The molecule has 0 spiro atoms. The van der Waals surface area contributed by atoms with Crippen LogP contribution in [-0.2, 0) is 6.42 Å². The molecule has 0 N–H and O–H groups in total. The molecule has 0 saturated heterocycles. The van der Waals surface area contributed by atoms with Crippen molar-refractivity contribution in [3.63, 3.8) is 0 Å². The van der Waals surface area contributed by atoms with E-state index >= 15 is 0 Å². The zero-order valence-electron chi connectivity index (χ0n) is 15.3. The molecule has 4 heteroatoms. The maximum absolute atomic E-state index is 13.2. The Morgan fingerprint density at radius 1 is 0.963 bits per heavy atom. The van der Waals surface area contributed by atoms with Gasteiger partial charge in [0.05, 0.1) is 12.2 Å². The fourth-order valence-corrected chi connectivity index (χ4v) is 3.28. The van der Waals surface area contributed by atoms with Crippen LogP contribution < -0.4 is 9.64 Å². The minimum absolute atomic E-state index is 0.0697. The minimum atomic E-state index is -0.0697. The lowest BCUT2D eigenvalue weighted by molar-refractivity contribution is 0.0984. The van der Waals surface area contributed by atoms with Gasteiger partial charge >= 0.3 is 0 Å². The van der Waals surface area contributed by atoms with E-state index in [1.165, 1.54) is 5.56 Å². The summed E-state index contributed by atoms with van der Waals surface area (Å²) in [7, 11) is 0. The first-order chi connectivity index (χ1) is 13.2. The molecule has 0 aliphatic carbocycles. The van der Waals surface area contributed by atoms with Crippen LogP contribution in [0.3, 0.4) is 0 Å². The number of hydrogen-bond acceptors (Lipinski definition) is 2. The fourth-order valence-electron chi connectivity index (χ4n) is 2.92. The van der Waals surface area contributed by atoms with Crippen molar-refractivity contribution >= 4 is 27.5 Å². The van der Waals surface area contributed by atoms with Crippen molar-refractivity contribution < 1.29 is 9.53 Å². The molecule has 0 saturated carbocycles. The summed E-state index contributed by atoms with van der Waals surface area (Å²) >= 11 is 3.47. The first-order valence-corrected chi connectivity index (χ1v) is 9.81. The largest absolute Gasteiger partial charge is 0.492 e. The Morgan fingerprint density at radius 2 is 1.63 bits per heavy atom. The van der Waals surface area contributed by atoms with E-state index in [2.05, 4.69) is 28.1 Å². The molecule has 0 aliphatic heterocycles. The average Bonchev–Trinajstić information content (AvgIpc) is 2.71. The molecular weight excluding hydrogens is 402 g/mol. The van der Waals surface area contributed by atoms with Gasteiger partial charge in [-0.25, -0.2) is 0 Å². The quantitative estimate of drug-likeness (QED) is 0.484. The third-order valence-corrected chi connectivity index (χ3v) is 4.79. The van der Waals surface area contributed by atoms with Crippen molar-refractivity contribution in [1.82, 2.24) is 0 Å². The monoisotopic (exact) mass is 423 g/mol. The molecule has 0 atom stereocenters. The first kappa shape index (κ1) is 19.2. The molecule has 0 aliphatic rings. The van der Waals surface area contributed by atoms with Crippen molar-refractivity contribution in [2.45, 2.75) is 13.3 Å². The van der Waals surface area contributed by atoms with E-state index in [9.17, 15) is 4.79 Å². The predicted molar refractivity (Wildman–Crippen MR) is 114 cm³/mol. The van der Waals surface area contributed by atoms with Crippen LogP contribution in [0.1, 0.15) is 22.8 Å².